The lowest BCUT2D eigenvalue weighted by atomic mass is 9.92. The van der Waals surface area contributed by atoms with Gasteiger partial charge in [0.05, 0.1) is 0 Å². The Morgan fingerprint density at radius 3 is 2.88 bits per heavy atom. The largest absolute Gasteiger partial charge is 0.314 e. The van der Waals surface area contributed by atoms with Crippen LogP contribution in [0.5, 0.6) is 0 Å². The summed E-state index contributed by atoms with van der Waals surface area (Å²) in [6.45, 7) is 14.4. The summed E-state index contributed by atoms with van der Waals surface area (Å²) in [5.41, 5.74) is 0. The van der Waals surface area contributed by atoms with Crippen LogP contribution >= 0.6 is 0 Å². The third-order valence-corrected chi connectivity index (χ3v) is 3.72. The lowest BCUT2D eigenvalue weighted by molar-refractivity contribution is 0.112. The molecule has 94 valence electrons. The van der Waals surface area contributed by atoms with Crippen molar-refractivity contribution in [2.75, 3.05) is 19.6 Å². The second-order valence-electron chi connectivity index (χ2n) is 5.19. The molecule has 0 aromatic carbocycles. The molecule has 1 N–H and O–H groups in total. The first kappa shape index (κ1) is 13.7. The summed E-state index contributed by atoms with van der Waals surface area (Å²) in [7, 11) is 0. The van der Waals surface area contributed by atoms with E-state index in [0.717, 1.165) is 24.9 Å². The van der Waals surface area contributed by atoms with Gasteiger partial charge in [0.15, 0.2) is 0 Å². The fourth-order valence-corrected chi connectivity index (χ4v) is 2.60. The molecule has 1 aliphatic heterocycles. The maximum atomic E-state index is 3.83. The molecule has 2 nitrogen and oxygen atoms in total. The first-order chi connectivity index (χ1) is 7.69. The first-order valence-corrected chi connectivity index (χ1v) is 6.77. The average molecular weight is 224 g/mol. The molecule has 0 bridgehead atoms. The van der Waals surface area contributed by atoms with Gasteiger partial charge < -0.3 is 5.32 Å². The van der Waals surface area contributed by atoms with E-state index in [1.54, 1.807) is 0 Å². The zero-order chi connectivity index (χ0) is 12.0. The van der Waals surface area contributed by atoms with Gasteiger partial charge in [0, 0.05) is 18.6 Å². The van der Waals surface area contributed by atoms with Crippen LogP contribution in [0.1, 0.15) is 40.0 Å². The minimum absolute atomic E-state index is 0.659. The summed E-state index contributed by atoms with van der Waals surface area (Å²) >= 11 is 0. The zero-order valence-corrected chi connectivity index (χ0v) is 11.2. The molecule has 3 atom stereocenters. The average Bonchev–Trinajstić information content (AvgIpc) is 2.27. The first-order valence-electron chi connectivity index (χ1n) is 6.77. The Kier molecular flexibility index (Phi) is 6.07. The van der Waals surface area contributed by atoms with E-state index in [0.29, 0.717) is 6.04 Å². The van der Waals surface area contributed by atoms with E-state index in [4.69, 9.17) is 0 Å². The smallest absolute Gasteiger partial charge is 0.0117 e. The minimum Gasteiger partial charge on any atom is -0.314 e. The number of piperidine rings is 1. The van der Waals surface area contributed by atoms with Gasteiger partial charge in [0.1, 0.15) is 0 Å². The highest BCUT2D eigenvalue weighted by atomic mass is 15.2. The van der Waals surface area contributed by atoms with E-state index in [1.165, 1.54) is 25.9 Å². The molecule has 1 heterocycles. The highest BCUT2D eigenvalue weighted by Gasteiger charge is 2.27. The van der Waals surface area contributed by atoms with Crippen LogP contribution in [0.2, 0.25) is 0 Å². The van der Waals surface area contributed by atoms with Crippen LogP contribution in [-0.2, 0) is 0 Å². The van der Waals surface area contributed by atoms with Gasteiger partial charge in [-0.1, -0.05) is 19.9 Å². The van der Waals surface area contributed by atoms with Gasteiger partial charge in [-0.2, -0.15) is 0 Å². The summed E-state index contributed by atoms with van der Waals surface area (Å²) in [5.74, 6) is 0.771. The van der Waals surface area contributed by atoms with Crippen LogP contribution in [-0.4, -0.2) is 36.6 Å². The van der Waals surface area contributed by atoms with E-state index in [1.807, 2.05) is 6.08 Å². The predicted molar refractivity (Wildman–Crippen MR) is 71.7 cm³/mol. The standard InChI is InChI=1S/C14H28N2/c1-5-7-13(4)16-10-8-14(12(3)11-16)15-9-6-2/h5,12-15H,1,6-11H2,2-4H3. The van der Waals surface area contributed by atoms with E-state index >= 15 is 0 Å². The second kappa shape index (κ2) is 7.08. The maximum absolute atomic E-state index is 3.83. The molecule has 0 aromatic heterocycles. The van der Waals surface area contributed by atoms with Crippen molar-refractivity contribution >= 4 is 0 Å². The molecular formula is C14H28N2. The van der Waals surface area contributed by atoms with Crippen molar-refractivity contribution in [1.82, 2.24) is 10.2 Å². The summed E-state index contributed by atoms with van der Waals surface area (Å²) in [5, 5.41) is 3.67. The van der Waals surface area contributed by atoms with Crippen molar-refractivity contribution in [3.8, 4) is 0 Å². The monoisotopic (exact) mass is 224 g/mol. The van der Waals surface area contributed by atoms with Gasteiger partial charge in [-0.3, -0.25) is 4.90 Å². The third kappa shape index (κ3) is 3.91. The minimum atomic E-state index is 0.659. The SMILES string of the molecule is C=CCC(C)N1CCC(NCCC)C(C)C1. The summed E-state index contributed by atoms with van der Waals surface area (Å²) in [6, 6.07) is 1.39. The van der Waals surface area contributed by atoms with Crippen molar-refractivity contribution in [3.05, 3.63) is 12.7 Å². The molecule has 16 heavy (non-hydrogen) atoms. The molecule has 0 aromatic rings. The van der Waals surface area contributed by atoms with Gasteiger partial charge in [-0.15, -0.1) is 6.58 Å². The van der Waals surface area contributed by atoms with E-state index < -0.39 is 0 Å². The molecule has 1 saturated heterocycles. The topological polar surface area (TPSA) is 15.3 Å². The van der Waals surface area contributed by atoms with Crippen LogP contribution in [0.25, 0.3) is 0 Å². The summed E-state index contributed by atoms with van der Waals surface area (Å²) in [6.07, 6.45) is 5.68. The number of rotatable bonds is 6. The highest BCUT2D eigenvalue weighted by molar-refractivity contribution is 4.86. The Balaban J connectivity index is 2.35. The Bertz CT molecular complexity index is 203. The lowest BCUT2D eigenvalue weighted by Gasteiger charge is -2.40. The highest BCUT2D eigenvalue weighted by Crippen LogP contribution is 2.20. The Labute approximate surface area is 101 Å². The second-order valence-corrected chi connectivity index (χ2v) is 5.19. The predicted octanol–water partition coefficient (Wildman–Crippen LogP) is 2.66. The third-order valence-electron chi connectivity index (χ3n) is 3.72. The molecule has 2 heteroatoms. The van der Waals surface area contributed by atoms with Gasteiger partial charge in [-0.25, -0.2) is 0 Å². The van der Waals surface area contributed by atoms with Crippen LogP contribution in [0, 0.1) is 5.92 Å². The van der Waals surface area contributed by atoms with Crippen molar-refractivity contribution in [1.29, 1.82) is 0 Å². The van der Waals surface area contributed by atoms with Gasteiger partial charge in [0.2, 0.25) is 0 Å². The Morgan fingerprint density at radius 2 is 2.31 bits per heavy atom. The molecule has 1 rings (SSSR count). The molecular weight excluding hydrogens is 196 g/mol. The van der Waals surface area contributed by atoms with Gasteiger partial charge in [-0.05, 0) is 45.2 Å². The molecule has 1 aliphatic rings. The van der Waals surface area contributed by atoms with Gasteiger partial charge in [0.25, 0.3) is 0 Å². The van der Waals surface area contributed by atoms with Crippen LogP contribution in [0.4, 0.5) is 0 Å². The van der Waals surface area contributed by atoms with Crippen molar-refractivity contribution in [2.45, 2.75) is 52.1 Å². The van der Waals surface area contributed by atoms with Crippen LogP contribution in [0.15, 0.2) is 12.7 Å². The van der Waals surface area contributed by atoms with E-state index in [-0.39, 0.29) is 0 Å². The molecule has 0 aliphatic carbocycles. The molecule has 0 radical (unpaired) electrons. The fraction of sp³-hybridized carbons (Fsp3) is 0.857. The van der Waals surface area contributed by atoms with Crippen molar-refractivity contribution in [3.63, 3.8) is 0 Å². The van der Waals surface area contributed by atoms with Crippen LogP contribution in [0.3, 0.4) is 0 Å². The number of nitrogens with one attached hydrogen (secondary N) is 1. The summed E-state index contributed by atoms with van der Waals surface area (Å²) in [4.78, 5) is 2.61. The van der Waals surface area contributed by atoms with Crippen molar-refractivity contribution < 1.29 is 0 Å². The zero-order valence-electron chi connectivity index (χ0n) is 11.2. The molecule has 3 unspecified atom stereocenters. The van der Waals surface area contributed by atoms with E-state index in [2.05, 4.69) is 37.6 Å². The van der Waals surface area contributed by atoms with E-state index in [9.17, 15) is 0 Å². The van der Waals surface area contributed by atoms with Crippen LogP contribution < -0.4 is 5.32 Å². The summed E-state index contributed by atoms with van der Waals surface area (Å²) < 4.78 is 0. The number of nitrogens with zero attached hydrogens (tertiary/aromatic N) is 1. The Morgan fingerprint density at radius 1 is 1.56 bits per heavy atom. The van der Waals surface area contributed by atoms with Crippen molar-refractivity contribution in [2.24, 2.45) is 5.92 Å². The number of likely N-dealkylation sites (tertiary alicyclic amines) is 1. The quantitative estimate of drug-likeness (QED) is 0.698. The Hall–Kier alpha value is -0.340. The molecule has 1 fully saturated rings. The molecule has 0 saturated carbocycles. The number of hydrogen-bond acceptors (Lipinski definition) is 2. The fourth-order valence-electron chi connectivity index (χ4n) is 2.60. The normalized spacial score (nSPS) is 28.9. The maximum Gasteiger partial charge on any atom is 0.0117 e. The lowest BCUT2D eigenvalue weighted by Crippen LogP contribution is -2.50. The number of hydrogen-bond donors (Lipinski definition) is 1. The van der Waals surface area contributed by atoms with Gasteiger partial charge >= 0.3 is 0 Å². The molecule has 0 amide bonds. The molecule has 0 spiro atoms.